The third kappa shape index (κ3) is 3.92. The zero-order valence-corrected chi connectivity index (χ0v) is 12.1. The summed E-state index contributed by atoms with van der Waals surface area (Å²) < 4.78 is 0. The van der Waals surface area contributed by atoms with Gasteiger partial charge in [-0.15, -0.1) is 0 Å². The van der Waals surface area contributed by atoms with Crippen molar-refractivity contribution < 1.29 is 14.7 Å². The topological polar surface area (TPSA) is 79.3 Å². The van der Waals surface area contributed by atoms with Gasteiger partial charge in [-0.3, -0.25) is 4.79 Å². The van der Waals surface area contributed by atoms with Crippen LogP contribution in [0.25, 0.3) is 0 Å². The predicted molar refractivity (Wildman–Crippen MR) is 72.5 cm³/mol. The second kappa shape index (κ2) is 5.57. The first-order valence-electron chi connectivity index (χ1n) is 5.87. The fraction of sp³-hybridized carbons (Fsp3) is 0.462. The average Bonchev–Trinajstić information content (AvgIpc) is 2.27. The number of carbonyl (C=O) groups is 2. The molecule has 1 heterocycles. The molecule has 5 nitrogen and oxygen atoms in total. The van der Waals surface area contributed by atoms with Gasteiger partial charge >= 0.3 is 5.97 Å². The Morgan fingerprint density at radius 1 is 1.37 bits per heavy atom. The number of nitrogens with zero attached hydrogens (tertiary/aromatic N) is 1. The summed E-state index contributed by atoms with van der Waals surface area (Å²) in [5.74, 6) is -1.47. The summed E-state index contributed by atoms with van der Waals surface area (Å²) in [7, 11) is 0. The summed E-state index contributed by atoms with van der Waals surface area (Å²) in [6, 6.07) is 3.03. The fourth-order valence-corrected chi connectivity index (χ4v) is 1.57. The van der Waals surface area contributed by atoms with E-state index in [1.807, 2.05) is 13.8 Å². The Hall–Kier alpha value is -1.62. The second-order valence-corrected chi connectivity index (χ2v) is 5.53. The van der Waals surface area contributed by atoms with Gasteiger partial charge in [-0.25, -0.2) is 9.78 Å². The van der Waals surface area contributed by atoms with Gasteiger partial charge in [0.15, 0.2) is 0 Å². The Kier molecular flexibility index (Phi) is 4.52. The maximum absolute atomic E-state index is 12.0. The molecule has 0 spiro atoms. The van der Waals surface area contributed by atoms with Crippen molar-refractivity contribution in [1.82, 2.24) is 10.3 Å². The molecule has 19 heavy (non-hydrogen) atoms. The molecule has 0 aliphatic rings. The summed E-state index contributed by atoms with van der Waals surface area (Å²) in [5, 5.41) is 11.6. The van der Waals surface area contributed by atoms with E-state index in [4.69, 9.17) is 16.7 Å². The van der Waals surface area contributed by atoms with Gasteiger partial charge in [-0.2, -0.15) is 0 Å². The molecule has 1 rings (SSSR count). The Morgan fingerprint density at radius 3 is 2.42 bits per heavy atom. The van der Waals surface area contributed by atoms with Crippen LogP contribution in [-0.2, 0) is 4.79 Å². The summed E-state index contributed by atoms with van der Waals surface area (Å²) >= 11 is 5.86. The first kappa shape index (κ1) is 15.4. The van der Waals surface area contributed by atoms with Crippen LogP contribution in [0.2, 0.25) is 5.15 Å². The highest BCUT2D eigenvalue weighted by Crippen LogP contribution is 2.18. The Bertz CT molecular complexity index is 513. The Labute approximate surface area is 117 Å². The van der Waals surface area contributed by atoms with Crippen molar-refractivity contribution in [3.8, 4) is 0 Å². The molecule has 0 aliphatic heterocycles. The maximum atomic E-state index is 12.0. The summed E-state index contributed by atoms with van der Waals surface area (Å²) in [5.41, 5.74) is -0.353. The monoisotopic (exact) mass is 284 g/mol. The standard InChI is InChI=1S/C13H17ClN2O3/c1-7(2)9-5-8(6-10(14)15-9)11(17)16-13(3,4)12(18)19/h5-7H,1-4H3,(H,16,17)(H,18,19). The second-order valence-electron chi connectivity index (χ2n) is 5.14. The van der Waals surface area contributed by atoms with Gasteiger partial charge in [-0.1, -0.05) is 25.4 Å². The number of rotatable bonds is 4. The highest BCUT2D eigenvalue weighted by molar-refractivity contribution is 6.29. The van der Waals surface area contributed by atoms with E-state index >= 15 is 0 Å². The lowest BCUT2D eigenvalue weighted by Crippen LogP contribution is -2.49. The van der Waals surface area contributed by atoms with Crippen LogP contribution in [0.1, 0.15) is 49.7 Å². The normalized spacial score (nSPS) is 11.5. The van der Waals surface area contributed by atoms with Crippen molar-refractivity contribution in [2.75, 3.05) is 0 Å². The van der Waals surface area contributed by atoms with Gasteiger partial charge in [0.2, 0.25) is 0 Å². The molecule has 0 aliphatic carbocycles. The fourth-order valence-electron chi connectivity index (χ4n) is 1.35. The molecule has 0 atom stereocenters. The lowest BCUT2D eigenvalue weighted by Gasteiger charge is -2.21. The van der Waals surface area contributed by atoms with Crippen molar-refractivity contribution >= 4 is 23.5 Å². The summed E-state index contributed by atoms with van der Waals surface area (Å²) in [4.78, 5) is 27.1. The first-order valence-corrected chi connectivity index (χ1v) is 6.24. The van der Waals surface area contributed by atoms with Gasteiger partial charge in [0.05, 0.1) is 0 Å². The number of nitrogens with one attached hydrogen (secondary N) is 1. The number of carbonyl (C=O) groups excluding carboxylic acids is 1. The molecular formula is C13H17ClN2O3. The van der Waals surface area contributed by atoms with Gasteiger partial charge in [0.1, 0.15) is 10.7 Å². The molecular weight excluding hydrogens is 268 g/mol. The van der Waals surface area contributed by atoms with E-state index in [9.17, 15) is 9.59 Å². The molecule has 104 valence electrons. The van der Waals surface area contributed by atoms with Crippen molar-refractivity contribution in [3.05, 3.63) is 28.5 Å². The maximum Gasteiger partial charge on any atom is 0.328 e. The average molecular weight is 285 g/mol. The number of amides is 1. The molecule has 0 saturated heterocycles. The van der Waals surface area contributed by atoms with E-state index in [1.54, 1.807) is 6.07 Å². The van der Waals surface area contributed by atoms with Crippen molar-refractivity contribution in [1.29, 1.82) is 0 Å². The summed E-state index contributed by atoms with van der Waals surface area (Å²) in [6.07, 6.45) is 0. The summed E-state index contributed by atoms with van der Waals surface area (Å²) in [6.45, 7) is 6.70. The van der Waals surface area contributed by atoms with E-state index < -0.39 is 17.4 Å². The molecule has 0 bridgehead atoms. The number of aliphatic carboxylic acids is 1. The highest BCUT2D eigenvalue weighted by atomic mass is 35.5. The largest absolute Gasteiger partial charge is 0.480 e. The minimum absolute atomic E-state index is 0.123. The van der Waals surface area contributed by atoms with Crippen LogP contribution >= 0.6 is 11.6 Å². The molecule has 1 amide bonds. The highest BCUT2D eigenvalue weighted by Gasteiger charge is 2.29. The SMILES string of the molecule is CC(C)c1cc(C(=O)NC(C)(C)C(=O)O)cc(Cl)n1. The number of carboxylic acids is 1. The lowest BCUT2D eigenvalue weighted by atomic mass is 10.0. The van der Waals surface area contributed by atoms with Crippen LogP contribution in [0.5, 0.6) is 0 Å². The van der Waals surface area contributed by atoms with Crippen LogP contribution in [0.15, 0.2) is 12.1 Å². The number of aromatic nitrogens is 1. The molecule has 0 fully saturated rings. The predicted octanol–water partition coefficient (Wildman–Crippen LogP) is 2.45. The molecule has 0 unspecified atom stereocenters. The van der Waals surface area contributed by atoms with Crippen molar-refractivity contribution in [3.63, 3.8) is 0 Å². The van der Waals surface area contributed by atoms with Gasteiger partial charge < -0.3 is 10.4 Å². The van der Waals surface area contributed by atoms with E-state index in [0.717, 1.165) is 0 Å². The minimum atomic E-state index is -1.34. The lowest BCUT2D eigenvalue weighted by molar-refractivity contribution is -0.143. The molecule has 0 radical (unpaired) electrons. The number of hydrogen-bond donors (Lipinski definition) is 2. The Balaban J connectivity index is 3.04. The van der Waals surface area contributed by atoms with Gasteiger partial charge in [-0.05, 0) is 31.9 Å². The van der Waals surface area contributed by atoms with E-state index in [-0.39, 0.29) is 11.1 Å². The first-order chi connectivity index (χ1) is 8.63. The quantitative estimate of drug-likeness (QED) is 0.832. The third-order valence-electron chi connectivity index (χ3n) is 2.63. The van der Waals surface area contributed by atoms with Crippen molar-refractivity contribution in [2.45, 2.75) is 39.2 Å². The number of pyridine rings is 1. The van der Waals surface area contributed by atoms with Gasteiger partial charge in [0, 0.05) is 11.3 Å². The zero-order valence-electron chi connectivity index (χ0n) is 11.3. The molecule has 0 saturated carbocycles. The Morgan fingerprint density at radius 2 is 1.95 bits per heavy atom. The van der Waals surface area contributed by atoms with Crippen molar-refractivity contribution in [2.24, 2.45) is 0 Å². The molecule has 6 heteroatoms. The number of carboxylic acid groups (broad SMARTS) is 1. The molecule has 2 N–H and O–H groups in total. The van der Waals surface area contributed by atoms with Crippen LogP contribution in [-0.4, -0.2) is 27.5 Å². The van der Waals surface area contributed by atoms with Gasteiger partial charge in [0.25, 0.3) is 5.91 Å². The smallest absolute Gasteiger partial charge is 0.328 e. The van der Waals surface area contributed by atoms with Crippen LogP contribution in [0.4, 0.5) is 0 Å². The number of halogens is 1. The van der Waals surface area contributed by atoms with E-state index in [0.29, 0.717) is 11.3 Å². The third-order valence-corrected chi connectivity index (χ3v) is 2.82. The van der Waals surface area contributed by atoms with E-state index in [1.165, 1.54) is 19.9 Å². The molecule has 1 aromatic heterocycles. The zero-order chi connectivity index (χ0) is 14.8. The number of hydrogen-bond acceptors (Lipinski definition) is 3. The van der Waals surface area contributed by atoms with Crippen LogP contribution in [0.3, 0.4) is 0 Å². The molecule has 0 aromatic carbocycles. The van der Waals surface area contributed by atoms with Crippen LogP contribution < -0.4 is 5.32 Å². The molecule has 1 aromatic rings. The minimum Gasteiger partial charge on any atom is -0.480 e. The van der Waals surface area contributed by atoms with Crippen LogP contribution in [0, 0.1) is 0 Å². The van der Waals surface area contributed by atoms with E-state index in [2.05, 4.69) is 10.3 Å².